The van der Waals surface area contributed by atoms with Gasteiger partial charge in [-0.3, -0.25) is 4.72 Å². The van der Waals surface area contributed by atoms with Crippen LogP contribution in [0.25, 0.3) is 0 Å². The van der Waals surface area contributed by atoms with E-state index in [1.54, 1.807) is 0 Å². The Morgan fingerprint density at radius 3 is 2.63 bits per heavy atom. The first-order valence-electron chi connectivity index (χ1n) is 5.83. The molecular weight excluding hydrogens is 270 g/mol. The number of hydrogen-bond donors (Lipinski definition) is 2. The second kappa shape index (κ2) is 6.63. The number of rotatable bonds is 7. The maximum atomic E-state index is 11.8. The Morgan fingerprint density at radius 1 is 1.37 bits per heavy atom. The molecule has 0 fully saturated rings. The van der Waals surface area contributed by atoms with E-state index in [1.807, 2.05) is 13.8 Å². The zero-order chi connectivity index (χ0) is 14.5. The summed E-state index contributed by atoms with van der Waals surface area (Å²) in [4.78, 5) is 0. The van der Waals surface area contributed by atoms with E-state index < -0.39 is 10.0 Å². The summed E-state index contributed by atoms with van der Waals surface area (Å²) >= 11 is 0. The predicted octanol–water partition coefficient (Wildman–Crippen LogP) is 1.57. The van der Waals surface area contributed by atoms with Crippen LogP contribution >= 0.6 is 0 Å². The fourth-order valence-electron chi connectivity index (χ4n) is 1.34. The summed E-state index contributed by atoms with van der Waals surface area (Å²) in [5, 5.41) is 9.59. The Labute approximate surface area is 113 Å². The molecule has 1 aromatic rings. The van der Waals surface area contributed by atoms with Crippen LogP contribution in [0.2, 0.25) is 0 Å². The smallest absolute Gasteiger partial charge is 0.235 e. The maximum absolute atomic E-state index is 11.8. The fraction of sp³-hybridized carbons (Fsp3) is 0.500. The van der Waals surface area contributed by atoms with E-state index in [0.717, 1.165) is 0 Å². The molecule has 0 aliphatic rings. The molecule has 1 rings (SSSR count). The second-order valence-corrected chi connectivity index (χ2v) is 6.07. The van der Waals surface area contributed by atoms with Crippen LogP contribution in [0, 0.1) is 0 Å². The minimum atomic E-state index is -3.57. The highest BCUT2D eigenvalue weighted by Crippen LogP contribution is 2.28. The number of aromatic hydroxyl groups is 1. The van der Waals surface area contributed by atoms with Gasteiger partial charge < -0.3 is 14.6 Å². The van der Waals surface area contributed by atoms with E-state index >= 15 is 0 Å². The van der Waals surface area contributed by atoms with Crippen molar-refractivity contribution in [2.24, 2.45) is 0 Å². The summed E-state index contributed by atoms with van der Waals surface area (Å²) < 4.78 is 36.0. The predicted molar refractivity (Wildman–Crippen MR) is 73.2 cm³/mol. The number of methoxy groups -OCH3 is 1. The molecule has 0 amide bonds. The molecule has 0 bridgehead atoms. The first kappa shape index (κ1) is 15.6. The van der Waals surface area contributed by atoms with Gasteiger partial charge in [-0.05, 0) is 26.0 Å². The summed E-state index contributed by atoms with van der Waals surface area (Å²) in [7, 11) is -2.11. The Balaban J connectivity index is 2.72. The van der Waals surface area contributed by atoms with Gasteiger partial charge in [-0.25, -0.2) is 8.42 Å². The first-order valence-corrected chi connectivity index (χ1v) is 7.48. The highest BCUT2D eigenvalue weighted by Gasteiger charge is 2.14. The normalized spacial score (nSPS) is 11.6. The first-order chi connectivity index (χ1) is 8.84. The number of benzene rings is 1. The number of sulfonamides is 1. The number of nitrogens with one attached hydrogen (secondary N) is 1. The Bertz CT molecular complexity index is 513. The van der Waals surface area contributed by atoms with Crippen molar-refractivity contribution in [1.82, 2.24) is 0 Å². The van der Waals surface area contributed by atoms with Crippen LogP contribution in [0.15, 0.2) is 18.2 Å². The lowest BCUT2D eigenvalue weighted by molar-refractivity contribution is 0.0913. The van der Waals surface area contributed by atoms with Crippen LogP contribution in [-0.4, -0.2) is 39.1 Å². The molecular formula is C12H19NO5S. The van der Waals surface area contributed by atoms with E-state index in [0.29, 0.717) is 5.75 Å². The van der Waals surface area contributed by atoms with Gasteiger partial charge in [-0.1, -0.05) is 0 Å². The number of ether oxygens (including phenoxy) is 2. The van der Waals surface area contributed by atoms with E-state index in [-0.39, 0.29) is 29.9 Å². The number of anilines is 1. The zero-order valence-corrected chi connectivity index (χ0v) is 12.0. The lowest BCUT2D eigenvalue weighted by Gasteiger charge is -2.12. The number of phenols is 1. The molecule has 6 nitrogen and oxygen atoms in total. The lowest BCUT2D eigenvalue weighted by Crippen LogP contribution is -2.21. The van der Waals surface area contributed by atoms with Crippen molar-refractivity contribution < 1.29 is 23.0 Å². The van der Waals surface area contributed by atoms with E-state index in [2.05, 4.69) is 4.72 Å². The van der Waals surface area contributed by atoms with Gasteiger partial charge in [0.25, 0.3) is 0 Å². The third-order valence-corrected chi connectivity index (χ3v) is 3.51. The standard InChI is InChI=1S/C12H19NO5S/c1-9(2)18-6-7-19(15,16)13-11-8-10(17-3)4-5-12(11)14/h4-5,8-9,13-14H,6-7H2,1-3H3. The van der Waals surface area contributed by atoms with Crippen LogP contribution in [0.5, 0.6) is 11.5 Å². The molecule has 2 N–H and O–H groups in total. The molecule has 19 heavy (non-hydrogen) atoms. The molecule has 108 valence electrons. The van der Waals surface area contributed by atoms with Crippen molar-refractivity contribution in [2.75, 3.05) is 24.2 Å². The molecule has 0 unspecified atom stereocenters. The van der Waals surface area contributed by atoms with Gasteiger partial charge in [-0.15, -0.1) is 0 Å². The van der Waals surface area contributed by atoms with Gasteiger partial charge in [0.15, 0.2) is 0 Å². The minimum absolute atomic E-state index is 0.0274. The molecule has 0 heterocycles. The summed E-state index contributed by atoms with van der Waals surface area (Å²) in [5.74, 6) is 0.116. The van der Waals surface area contributed by atoms with Crippen molar-refractivity contribution >= 4 is 15.7 Å². The highest BCUT2D eigenvalue weighted by molar-refractivity contribution is 7.92. The highest BCUT2D eigenvalue weighted by atomic mass is 32.2. The molecule has 0 aromatic heterocycles. The monoisotopic (exact) mass is 289 g/mol. The van der Waals surface area contributed by atoms with Crippen LogP contribution in [0.3, 0.4) is 0 Å². The summed E-state index contributed by atoms with van der Waals surface area (Å²) in [5.41, 5.74) is 0.0869. The Hall–Kier alpha value is -1.47. The molecule has 0 aliphatic carbocycles. The van der Waals surface area contributed by atoms with Crippen molar-refractivity contribution in [2.45, 2.75) is 20.0 Å². The van der Waals surface area contributed by atoms with Gasteiger partial charge >= 0.3 is 0 Å². The van der Waals surface area contributed by atoms with Gasteiger partial charge in [0, 0.05) is 6.07 Å². The molecule has 0 aliphatic heterocycles. The van der Waals surface area contributed by atoms with Crippen LogP contribution in [0.1, 0.15) is 13.8 Å². The van der Waals surface area contributed by atoms with Crippen molar-refractivity contribution in [3.63, 3.8) is 0 Å². The van der Waals surface area contributed by atoms with Crippen LogP contribution in [0.4, 0.5) is 5.69 Å². The summed E-state index contributed by atoms with van der Waals surface area (Å²) in [6.07, 6.45) is -0.0274. The average molecular weight is 289 g/mol. The summed E-state index contributed by atoms with van der Waals surface area (Å²) in [6.45, 7) is 3.75. The maximum Gasteiger partial charge on any atom is 0.235 e. The van der Waals surface area contributed by atoms with Gasteiger partial charge in [0.05, 0.1) is 31.3 Å². The molecule has 0 saturated heterocycles. The second-order valence-electron chi connectivity index (χ2n) is 4.22. The summed E-state index contributed by atoms with van der Waals surface area (Å²) in [6, 6.07) is 4.31. The van der Waals surface area contributed by atoms with Crippen molar-refractivity contribution in [3.05, 3.63) is 18.2 Å². The largest absolute Gasteiger partial charge is 0.506 e. The lowest BCUT2D eigenvalue weighted by atomic mass is 10.3. The Kier molecular flexibility index (Phi) is 5.44. The van der Waals surface area contributed by atoms with Crippen LogP contribution in [-0.2, 0) is 14.8 Å². The molecule has 0 radical (unpaired) electrons. The Morgan fingerprint density at radius 2 is 2.05 bits per heavy atom. The molecule has 0 atom stereocenters. The van der Waals surface area contributed by atoms with E-state index in [9.17, 15) is 13.5 Å². The molecule has 7 heteroatoms. The third-order valence-electron chi connectivity index (χ3n) is 2.27. The van der Waals surface area contributed by atoms with E-state index in [1.165, 1.54) is 25.3 Å². The third kappa shape index (κ3) is 5.35. The SMILES string of the molecule is COc1ccc(O)c(NS(=O)(=O)CCOC(C)C)c1. The quantitative estimate of drug-likeness (QED) is 0.744. The number of hydrogen-bond acceptors (Lipinski definition) is 5. The zero-order valence-electron chi connectivity index (χ0n) is 11.2. The van der Waals surface area contributed by atoms with E-state index in [4.69, 9.17) is 9.47 Å². The van der Waals surface area contributed by atoms with Gasteiger partial charge in [0.2, 0.25) is 10.0 Å². The molecule has 1 aromatic carbocycles. The minimum Gasteiger partial charge on any atom is -0.506 e. The van der Waals surface area contributed by atoms with Gasteiger partial charge in [-0.2, -0.15) is 0 Å². The average Bonchev–Trinajstić information content (AvgIpc) is 2.31. The number of phenolic OH excluding ortho intramolecular Hbond substituents is 1. The fourth-order valence-corrected chi connectivity index (χ4v) is 2.25. The molecule has 0 saturated carbocycles. The van der Waals surface area contributed by atoms with Crippen LogP contribution < -0.4 is 9.46 Å². The topological polar surface area (TPSA) is 84.9 Å². The van der Waals surface area contributed by atoms with Gasteiger partial charge in [0.1, 0.15) is 11.5 Å². The molecule has 0 spiro atoms. The van der Waals surface area contributed by atoms with Crippen molar-refractivity contribution in [1.29, 1.82) is 0 Å². The van der Waals surface area contributed by atoms with Crippen molar-refractivity contribution in [3.8, 4) is 11.5 Å².